The van der Waals surface area contributed by atoms with E-state index in [2.05, 4.69) is 10.6 Å². The number of carboxylic acids is 1. The second kappa shape index (κ2) is 7.85. The van der Waals surface area contributed by atoms with Crippen molar-refractivity contribution in [3.05, 3.63) is 64.1 Å². The molecule has 7 heteroatoms. The van der Waals surface area contributed by atoms with Gasteiger partial charge in [0.2, 0.25) is 0 Å². The minimum Gasteiger partial charge on any atom is -0.480 e. The quantitative estimate of drug-likeness (QED) is 0.765. The van der Waals surface area contributed by atoms with Gasteiger partial charge in [0.1, 0.15) is 6.04 Å². The number of carbonyl (C=O) groups excluding carboxylic acids is 1. The van der Waals surface area contributed by atoms with Crippen molar-refractivity contribution >= 4 is 40.9 Å². The Bertz CT molecular complexity index is 708. The fourth-order valence-electron chi connectivity index (χ4n) is 1.97. The van der Waals surface area contributed by atoms with Crippen molar-refractivity contribution in [3.8, 4) is 0 Å². The maximum absolute atomic E-state index is 12.0. The van der Waals surface area contributed by atoms with Crippen molar-refractivity contribution in [2.75, 3.05) is 5.32 Å². The van der Waals surface area contributed by atoms with Crippen LogP contribution in [0, 0.1) is 0 Å². The number of urea groups is 1. The van der Waals surface area contributed by atoms with Crippen molar-refractivity contribution in [1.82, 2.24) is 5.32 Å². The Morgan fingerprint density at radius 2 is 1.74 bits per heavy atom. The fourth-order valence-corrected chi connectivity index (χ4v) is 2.31. The number of rotatable bonds is 5. The minimum atomic E-state index is -1.12. The predicted molar refractivity (Wildman–Crippen MR) is 90.2 cm³/mol. The number of carbonyl (C=O) groups is 2. The van der Waals surface area contributed by atoms with Crippen molar-refractivity contribution in [2.45, 2.75) is 12.5 Å². The molecule has 0 aliphatic rings. The number of hydrogen-bond donors (Lipinski definition) is 3. The van der Waals surface area contributed by atoms with Crippen LogP contribution in [0.4, 0.5) is 10.5 Å². The minimum absolute atomic E-state index is 0.173. The fraction of sp³-hybridized carbons (Fsp3) is 0.125. The molecule has 23 heavy (non-hydrogen) atoms. The number of aliphatic carboxylic acids is 1. The van der Waals surface area contributed by atoms with E-state index in [0.717, 1.165) is 5.56 Å². The van der Waals surface area contributed by atoms with Gasteiger partial charge in [0, 0.05) is 6.42 Å². The topological polar surface area (TPSA) is 78.4 Å². The summed E-state index contributed by atoms with van der Waals surface area (Å²) in [6.07, 6.45) is 0.173. The Morgan fingerprint density at radius 3 is 2.39 bits per heavy atom. The Hall–Kier alpha value is -2.24. The zero-order chi connectivity index (χ0) is 16.8. The molecule has 0 bridgehead atoms. The number of halogens is 2. The van der Waals surface area contributed by atoms with Gasteiger partial charge in [-0.1, -0.05) is 59.6 Å². The highest BCUT2D eigenvalue weighted by Crippen LogP contribution is 2.29. The van der Waals surface area contributed by atoms with Gasteiger partial charge in [-0.3, -0.25) is 0 Å². The van der Waals surface area contributed by atoms with E-state index < -0.39 is 18.0 Å². The second-order valence-corrected chi connectivity index (χ2v) is 5.57. The normalized spacial score (nSPS) is 11.6. The summed E-state index contributed by atoms with van der Waals surface area (Å²) in [5.74, 6) is -1.12. The van der Waals surface area contributed by atoms with E-state index in [0.29, 0.717) is 10.7 Å². The first-order valence-corrected chi connectivity index (χ1v) is 7.51. The number of hydrogen-bond acceptors (Lipinski definition) is 2. The van der Waals surface area contributed by atoms with E-state index in [1.54, 1.807) is 42.5 Å². The predicted octanol–water partition coefficient (Wildman–Crippen LogP) is 3.81. The van der Waals surface area contributed by atoms with Crippen molar-refractivity contribution in [2.24, 2.45) is 0 Å². The molecule has 0 saturated carbocycles. The molecule has 1 atom stereocenters. The van der Waals surface area contributed by atoms with E-state index in [4.69, 9.17) is 23.2 Å². The van der Waals surface area contributed by atoms with Crippen LogP contribution >= 0.6 is 23.2 Å². The van der Waals surface area contributed by atoms with Crippen LogP contribution in [-0.2, 0) is 11.2 Å². The first-order chi connectivity index (χ1) is 11.0. The zero-order valence-electron chi connectivity index (χ0n) is 11.9. The molecule has 0 heterocycles. The van der Waals surface area contributed by atoms with Crippen LogP contribution in [0.2, 0.25) is 10.0 Å². The highest BCUT2D eigenvalue weighted by atomic mass is 35.5. The third-order valence-electron chi connectivity index (χ3n) is 3.09. The summed E-state index contributed by atoms with van der Waals surface area (Å²) in [6, 6.07) is 12.1. The Balaban J connectivity index is 2.03. The zero-order valence-corrected chi connectivity index (χ0v) is 13.4. The molecule has 2 amide bonds. The molecule has 0 aliphatic heterocycles. The standard InChI is InChI=1S/C16H14Cl2N2O3/c17-11-7-4-8-12(14(11)18)19-16(23)20-13(15(21)22)9-10-5-2-1-3-6-10/h1-8,13H,9H2,(H,21,22)(H2,19,20,23). The highest BCUT2D eigenvalue weighted by Gasteiger charge is 2.20. The van der Waals surface area contributed by atoms with Crippen molar-refractivity contribution < 1.29 is 14.7 Å². The first-order valence-electron chi connectivity index (χ1n) is 6.75. The molecule has 120 valence electrons. The first kappa shape index (κ1) is 17.1. The largest absolute Gasteiger partial charge is 0.480 e. The number of nitrogens with one attached hydrogen (secondary N) is 2. The van der Waals surface area contributed by atoms with Crippen LogP contribution in [0.5, 0.6) is 0 Å². The van der Waals surface area contributed by atoms with Gasteiger partial charge in [0.05, 0.1) is 15.7 Å². The lowest BCUT2D eigenvalue weighted by Gasteiger charge is -2.16. The molecule has 3 N–H and O–H groups in total. The van der Waals surface area contributed by atoms with Gasteiger partial charge >= 0.3 is 12.0 Å². The maximum Gasteiger partial charge on any atom is 0.326 e. The van der Waals surface area contributed by atoms with Gasteiger partial charge in [-0.05, 0) is 17.7 Å². The Labute approximate surface area is 143 Å². The lowest BCUT2D eigenvalue weighted by molar-refractivity contribution is -0.139. The molecule has 0 aromatic heterocycles. The van der Waals surface area contributed by atoms with Crippen LogP contribution in [0.3, 0.4) is 0 Å². The summed E-state index contributed by atoms with van der Waals surface area (Å²) in [4.78, 5) is 23.3. The monoisotopic (exact) mass is 352 g/mol. The van der Waals surface area contributed by atoms with Crippen LogP contribution < -0.4 is 10.6 Å². The smallest absolute Gasteiger partial charge is 0.326 e. The Kier molecular flexibility index (Phi) is 5.84. The molecule has 0 saturated heterocycles. The molecule has 1 unspecified atom stereocenters. The number of amides is 2. The van der Waals surface area contributed by atoms with Crippen molar-refractivity contribution in [1.29, 1.82) is 0 Å². The third kappa shape index (κ3) is 4.87. The van der Waals surface area contributed by atoms with E-state index in [1.165, 1.54) is 0 Å². The summed E-state index contributed by atoms with van der Waals surface area (Å²) in [5.41, 5.74) is 1.11. The van der Waals surface area contributed by atoms with Crippen LogP contribution in [0.25, 0.3) is 0 Å². The van der Waals surface area contributed by atoms with E-state index in [1.807, 2.05) is 6.07 Å². The molecule has 2 aromatic carbocycles. The van der Waals surface area contributed by atoms with Gasteiger partial charge in [-0.25, -0.2) is 9.59 Å². The van der Waals surface area contributed by atoms with Crippen LogP contribution in [-0.4, -0.2) is 23.1 Å². The van der Waals surface area contributed by atoms with Gasteiger partial charge in [-0.15, -0.1) is 0 Å². The van der Waals surface area contributed by atoms with Gasteiger partial charge in [-0.2, -0.15) is 0 Å². The second-order valence-electron chi connectivity index (χ2n) is 4.78. The van der Waals surface area contributed by atoms with Crippen molar-refractivity contribution in [3.63, 3.8) is 0 Å². The van der Waals surface area contributed by atoms with E-state index >= 15 is 0 Å². The van der Waals surface area contributed by atoms with Crippen LogP contribution in [0.15, 0.2) is 48.5 Å². The van der Waals surface area contributed by atoms with Gasteiger partial charge in [0.25, 0.3) is 0 Å². The molecule has 2 aromatic rings. The third-order valence-corrected chi connectivity index (χ3v) is 3.90. The molecular weight excluding hydrogens is 339 g/mol. The molecule has 0 radical (unpaired) electrons. The molecule has 2 rings (SSSR count). The summed E-state index contributed by atoms with van der Waals surface area (Å²) < 4.78 is 0. The lowest BCUT2D eigenvalue weighted by atomic mass is 10.1. The average Bonchev–Trinajstić information content (AvgIpc) is 2.52. The molecular formula is C16H14Cl2N2O3. The summed E-state index contributed by atoms with van der Waals surface area (Å²) in [6.45, 7) is 0. The number of benzene rings is 2. The van der Waals surface area contributed by atoms with E-state index in [-0.39, 0.29) is 11.4 Å². The molecule has 0 aliphatic carbocycles. The number of anilines is 1. The summed E-state index contributed by atoms with van der Waals surface area (Å²) in [5, 5.41) is 14.6. The lowest BCUT2D eigenvalue weighted by Crippen LogP contribution is -2.44. The highest BCUT2D eigenvalue weighted by molar-refractivity contribution is 6.43. The van der Waals surface area contributed by atoms with E-state index in [9.17, 15) is 14.7 Å². The SMILES string of the molecule is O=C(Nc1cccc(Cl)c1Cl)NC(Cc1ccccc1)C(=O)O. The number of carboxylic acid groups (broad SMARTS) is 1. The summed E-state index contributed by atoms with van der Waals surface area (Å²) in [7, 11) is 0. The molecule has 0 spiro atoms. The molecule has 0 fully saturated rings. The molecule has 5 nitrogen and oxygen atoms in total. The van der Waals surface area contributed by atoms with Gasteiger partial charge in [0.15, 0.2) is 0 Å². The average molecular weight is 353 g/mol. The summed E-state index contributed by atoms with van der Waals surface area (Å²) >= 11 is 11.8. The van der Waals surface area contributed by atoms with Gasteiger partial charge < -0.3 is 15.7 Å². The Morgan fingerprint density at radius 1 is 1.04 bits per heavy atom. The maximum atomic E-state index is 12.0. The van der Waals surface area contributed by atoms with Crippen LogP contribution in [0.1, 0.15) is 5.56 Å².